The van der Waals surface area contributed by atoms with Gasteiger partial charge in [0.15, 0.2) is 0 Å². The first kappa shape index (κ1) is 15.6. The predicted octanol–water partition coefficient (Wildman–Crippen LogP) is 3.83. The van der Waals surface area contributed by atoms with Gasteiger partial charge in [0.25, 0.3) is 5.69 Å². The fourth-order valence-electron chi connectivity index (χ4n) is 2.29. The molecular formula is C15H24N2O2. The highest BCUT2D eigenvalue weighted by Crippen LogP contribution is 2.25. The van der Waals surface area contributed by atoms with Gasteiger partial charge >= 0.3 is 0 Å². The lowest BCUT2D eigenvalue weighted by atomic mass is 9.85. The molecule has 0 amide bonds. The van der Waals surface area contributed by atoms with E-state index in [0.717, 1.165) is 37.7 Å². The van der Waals surface area contributed by atoms with Crippen LogP contribution in [0.4, 0.5) is 5.69 Å². The topological polar surface area (TPSA) is 69.2 Å². The molecule has 0 saturated heterocycles. The van der Waals surface area contributed by atoms with Gasteiger partial charge in [-0.1, -0.05) is 44.9 Å². The molecule has 106 valence electrons. The Balaban J connectivity index is 2.72. The maximum Gasteiger partial charge on any atom is 0.272 e. The van der Waals surface area contributed by atoms with E-state index in [1.165, 1.54) is 0 Å². The zero-order valence-electron chi connectivity index (χ0n) is 11.9. The molecule has 0 bridgehead atoms. The number of hydrogen-bond acceptors (Lipinski definition) is 3. The molecule has 0 saturated carbocycles. The van der Waals surface area contributed by atoms with Crippen LogP contribution in [-0.4, -0.2) is 10.5 Å². The fourth-order valence-corrected chi connectivity index (χ4v) is 2.29. The number of nitro benzene ring substituents is 1. The molecule has 0 heterocycles. The van der Waals surface area contributed by atoms with Crippen LogP contribution in [-0.2, 0) is 6.42 Å². The second kappa shape index (κ2) is 7.24. The van der Waals surface area contributed by atoms with Gasteiger partial charge in [-0.25, -0.2) is 0 Å². The summed E-state index contributed by atoms with van der Waals surface area (Å²) in [5.41, 5.74) is 7.18. The SMILES string of the molecule is CCCCC(N)(CC)CCc1ccccc1[N+](=O)[O-]. The number of unbranched alkanes of at least 4 members (excludes halogenated alkanes) is 1. The van der Waals surface area contributed by atoms with Crippen molar-refractivity contribution in [1.82, 2.24) is 0 Å². The summed E-state index contributed by atoms with van der Waals surface area (Å²) in [7, 11) is 0. The Morgan fingerprint density at radius 2 is 1.95 bits per heavy atom. The number of nitro groups is 1. The molecule has 0 fully saturated rings. The Morgan fingerprint density at radius 1 is 1.26 bits per heavy atom. The average Bonchev–Trinajstić information content (AvgIpc) is 2.43. The highest BCUT2D eigenvalue weighted by atomic mass is 16.6. The van der Waals surface area contributed by atoms with Crippen LogP contribution in [0, 0.1) is 10.1 Å². The van der Waals surface area contributed by atoms with E-state index in [-0.39, 0.29) is 16.1 Å². The van der Waals surface area contributed by atoms with Crippen molar-refractivity contribution in [2.45, 2.75) is 57.9 Å². The molecule has 2 N–H and O–H groups in total. The van der Waals surface area contributed by atoms with Gasteiger partial charge < -0.3 is 5.73 Å². The second-order valence-corrected chi connectivity index (χ2v) is 5.21. The predicted molar refractivity (Wildman–Crippen MR) is 78.2 cm³/mol. The third kappa shape index (κ3) is 4.63. The van der Waals surface area contributed by atoms with Crippen molar-refractivity contribution in [2.75, 3.05) is 0 Å². The Bertz CT molecular complexity index is 420. The highest BCUT2D eigenvalue weighted by molar-refractivity contribution is 5.39. The van der Waals surface area contributed by atoms with Gasteiger partial charge in [0, 0.05) is 17.2 Å². The molecule has 0 aliphatic heterocycles. The minimum atomic E-state index is -0.314. The van der Waals surface area contributed by atoms with E-state index in [1.54, 1.807) is 12.1 Å². The number of benzene rings is 1. The molecule has 0 aliphatic rings. The average molecular weight is 264 g/mol. The minimum Gasteiger partial charge on any atom is -0.325 e. The van der Waals surface area contributed by atoms with Gasteiger partial charge in [-0.15, -0.1) is 0 Å². The lowest BCUT2D eigenvalue weighted by Gasteiger charge is -2.28. The Morgan fingerprint density at radius 3 is 2.53 bits per heavy atom. The molecule has 1 aromatic carbocycles. The van der Waals surface area contributed by atoms with E-state index < -0.39 is 0 Å². The first-order valence-electron chi connectivity index (χ1n) is 7.03. The van der Waals surface area contributed by atoms with Crippen molar-refractivity contribution in [3.8, 4) is 0 Å². The molecule has 0 spiro atoms. The number of nitrogens with two attached hydrogens (primary N) is 1. The number of hydrogen-bond donors (Lipinski definition) is 1. The van der Waals surface area contributed by atoms with Crippen molar-refractivity contribution < 1.29 is 4.92 Å². The van der Waals surface area contributed by atoms with Crippen LogP contribution in [0.3, 0.4) is 0 Å². The van der Waals surface area contributed by atoms with Gasteiger partial charge in [-0.05, 0) is 25.7 Å². The monoisotopic (exact) mass is 264 g/mol. The van der Waals surface area contributed by atoms with E-state index in [0.29, 0.717) is 6.42 Å². The standard InChI is InChI=1S/C15H24N2O2/c1-3-5-11-15(16,4-2)12-10-13-8-6-7-9-14(13)17(18)19/h6-9H,3-5,10-12,16H2,1-2H3. The number of aryl methyl sites for hydroxylation is 1. The summed E-state index contributed by atoms with van der Waals surface area (Å²) < 4.78 is 0. The van der Waals surface area contributed by atoms with Crippen LogP contribution in [0.2, 0.25) is 0 Å². The summed E-state index contributed by atoms with van der Waals surface area (Å²) in [6.07, 6.45) is 5.61. The molecule has 1 aromatic rings. The maximum absolute atomic E-state index is 11.0. The van der Waals surface area contributed by atoms with E-state index in [4.69, 9.17) is 5.73 Å². The van der Waals surface area contributed by atoms with E-state index in [9.17, 15) is 10.1 Å². The second-order valence-electron chi connectivity index (χ2n) is 5.21. The lowest BCUT2D eigenvalue weighted by Crippen LogP contribution is -2.39. The van der Waals surface area contributed by atoms with Crippen molar-refractivity contribution in [3.05, 3.63) is 39.9 Å². The maximum atomic E-state index is 11.0. The van der Waals surface area contributed by atoms with Crippen LogP contribution in [0.5, 0.6) is 0 Å². The molecule has 1 unspecified atom stereocenters. The van der Waals surface area contributed by atoms with Gasteiger partial charge in [0.2, 0.25) is 0 Å². The number of para-hydroxylation sites is 1. The van der Waals surface area contributed by atoms with Crippen LogP contribution in [0.15, 0.2) is 24.3 Å². The first-order valence-corrected chi connectivity index (χ1v) is 7.03. The third-order valence-corrected chi connectivity index (χ3v) is 3.81. The smallest absolute Gasteiger partial charge is 0.272 e. The molecule has 0 aromatic heterocycles. The van der Waals surface area contributed by atoms with Crippen LogP contribution < -0.4 is 5.73 Å². The molecule has 19 heavy (non-hydrogen) atoms. The largest absolute Gasteiger partial charge is 0.325 e. The zero-order chi connectivity index (χ0) is 14.3. The summed E-state index contributed by atoms with van der Waals surface area (Å²) in [6, 6.07) is 6.94. The summed E-state index contributed by atoms with van der Waals surface area (Å²) in [5.74, 6) is 0. The number of rotatable bonds is 8. The van der Waals surface area contributed by atoms with E-state index >= 15 is 0 Å². The van der Waals surface area contributed by atoms with Crippen molar-refractivity contribution in [1.29, 1.82) is 0 Å². The van der Waals surface area contributed by atoms with Crippen molar-refractivity contribution in [2.24, 2.45) is 5.73 Å². The summed E-state index contributed by atoms with van der Waals surface area (Å²) in [4.78, 5) is 10.6. The molecule has 4 heteroatoms. The Kier molecular flexibility index (Phi) is 5.96. The molecule has 0 radical (unpaired) electrons. The van der Waals surface area contributed by atoms with Gasteiger partial charge in [-0.3, -0.25) is 10.1 Å². The normalized spacial score (nSPS) is 14.1. The summed E-state index contributed by atoms with van der Waals surface area (Å²) in [6.45, 7) is 4.24. The Hall–Kier alpha value is -1.42. The summed E-state index contributed by atoms with van der Waals surface area (Å²) >= 11 is 0. The molecular weight excluding hydrogens is 240 g/mol. The molecule has 1 atom stereocenters. The summed E-state index contributed by atoms with van der Waals surface area (Å²) in [5, 5.41) is 11.0. The van der Waals surface area contributed by atoms with Crippen LogP contribution in [0.25, 0.3) is 0 Å². The first-order chi connectivity index (χ1) is 9.02. The Labute approximate surface area is 115 Å². The molecule has 0 aliphatic carbocycles. The number of nitrogens with zero attached hydrogens (tertiary/aromatic N) is 1. The van der Waals surface area contributed by atoms with Crippen LogP contribution >= 0.6 is 0 Å². The van der Waals surface area contributed by atoms with Crippen molar-refractivity contribution in [3.63, 3.8) is 0 Å². The quantitative estimate of drug-likeness (QED) is 0.573. The lowest BCUT2D eigenvalue weighted by molar-refractivity contribution is -0.385. The third-order valence-electron chi connectivity index (χ3n) is 3.81. The van der Waals surface area contributed by atoms with Gasteiger partial charge in [0.1, 0.15) is 0 Å². The van der Waals surface area contributed by atoms with Crippen LogP contribution in [0.1, 0.15) is 51.5 Å². The molecule has 1 rings (SSSR count). The fraction of sp³-hybridized carbons (Fsp3) is 0.600. The highest BCUT2D eigenvalue weighted by Gasteiger charge is 2.23. The van der Waals surface area contributed by atoms with E-state index in [2.05, 4.69) is 13.8 Å². The molecule has 4 nitrogen and oxygen atoms in total. The van der Waals surface area contributed by atoms with Crippen molar-refractivity contribution >= 4 is 5.69 Å². The zero-order valence-corrected chi connectivity index (χ0v) is 11.9. The minimum absolute atomic E-state index is 0.195. The van der Waals surface area contributed by atoms with Gasteiger partial charge in [0.05, 0.1) is 4.92 Å². The van der Waals surface area contributed by atoms with E-state index in [1.807, 2.05) is 12.1 Å². The van der Waals surface area contributed by atoms with Gasteiger partial charge in [-0.2, -0.15) is 0 Å².